The van der Waals surface area contributed by atoms with Gasteiger partial charge in [0, 0.05) is 11.0 Å². The minimum absolute atomic E-state index is 0.108. The smallest absolute Gasteiger partial charge is 0.338 e. The fourth-order valence-corrected chi connectivity index (χ4v) is 3.00. The molecule has 3 aliphatic rings. The lowest BCUT2D eigenvalue weighted by Gasteiger charge is -2.30. The second-order valence-electron chi connectivity index (χ2n) is 4.92. The van der Waals surface area contributed by atoms with Crippen molar-refractivity contribution >= 4 is 5.97 Å². The molecule has 3 heteroatoms. The van der Waals surface area contributed by atoms with E-state index in [0.717, 1.165) is 29.7 Å². The highest BCUT2D eigenvalue weighted by Crippen LogP contribution is 2.48. The zero-order chi connectivity index (χ0) is 10.6. The first-order valence-corrected chi connectivity index (χ1v) is 5.29. The van der Waals surface area contributed by atoms with Gasteiger partial charge in [-0.3, -0.25) is 0 Å². The molecule has 0 unspecified atom stereocenters. The molecule has 80 valence electrons. The van der Waals surface area contributed by atoms with Gasteiger partial charge < -0.3 is 9.47 Å². The van der Waals surface area contributed by atoms with Crippen molar-refractivity contribution in [2.45, 2.75) is 20.3 Å². The molecule has 2 saturated heterocycles. The SMILES string of the molecule is CC1=C2C(=O)OCC2=C2COC[C@@]2(C)C1. The van der Waals surface area contributed by atoms with E-state index in [1.165, 1.54) is 5.57 Å². The molecule has 0 N–H and O–H groups in total. The Morgan fingerprint density at radius 2 is 2.13 bits per heavy atom. The highest BCUT2D eigenvalue weighted by Gasteiger charge is 2.45. The summed E-state index contributed by atoms with van der Waals surface area (Å²) in [6.45, 7) is 6.12. The third kappa shape index (κ3) is 1.07. The Morgan fingerprint density at radius 3 is 2.93 bits per heavy atom. The molecule has 2 fully saturated rings. The van der Waals surface area contributed by atoms with Crippen LogP contribution < -0.4 is 0 Å². The Kier molecular flexibility index (Phi) is 1.67. The number of ether oxygens (including phenoxy) is 2. The van der Waals surface area contributed by atoms with Gasteiger partial charge in [0.1, 0.15) is 6.61 Å². The van der Waals surface area contributed by atoms with Gasteiger partial charge in [-0.05, 0) is 18.9 Å². The predicted molar refractivity (Wildman–Crippen MR) is 54.2 cm³/mol. The molecule has 2 heterocycles. The van der Waals surface area contributed by atoms with E-state index < -0.39 is 0 Å². The van der Waals surface area contributed by atoms with Crippen LogP contribution >= 0.6 is 0 Å². The topological polar surface area (TPSA) is 35.5 Å². The fraction of sp³-hybridized carbons (Fsp3) is 0.583. The van der Waals surface area contributed by atoms with Crippen LogP contribution in [0.15, 0.2) is 22.3 Å². The summed E-state index contributed by atoms with van der Waals surface area (Å²) < 4.78 is 10.6. The van der Waals surface area contributed by atoms with Crippen LogP contribution in [0, 0.1) is 5.41 Å². The van der Waals surface area contributed by atoms with Crippen LogP contribution in [-0.2, 0) is 14.3 Å². The van der Waals surface area contributed by atoms with E-state index in [-0.39, 0.29) is 11.4 Å². The molecule has 3 nitrogen and oxygen atoms in total. The number of esters is 1. The quantitative estimate of drug-likeness (QED) is 0.565. The number of allylic oxidation sites excluding steroid dienone is 1. The summed E-state index contributed by atoms with van der Waals surface area (Å²) in [6.07, 6.45) is 0.927. The summed E-state index contributed by atoms with van der Waals surface area (Å²) >= 11 is 0. The van der Waals surface area contributed by atoms with Crippen molar-refractivity contribution in [2.24, 2.45) is 5.41 Å². The Bertz CT molecular complexity index is 417. The zero-order valence-corrected chi connectivity index (χ0v) is 9.05. The summed E-state index contributed by atoms with van der Waals surface area (Å²) in [5, 5.41) is 0. The lowest BCUT2D eigenvalue weighted by atomic mass is 9.71. The first-order valence-electron chi connectivity index (χ1n) is 5.29. The van der Waals surface area contributed by atoms with Crippen LogP contribution in [0.25, 0.3) is 0 Å². The average Bonchev–Trinajstić information content (AvgIpc) is 2.69. The molecule has 0 saturated carbocycles. The lowest BCUT2D eigenvalue weighted by Crippen LogP contribution is -2.25. The molecule has 0 aromatic rings. The molecule has 0 aromatic heterocycles. The summed E-state index contributed by atoms with van der Waals surface area (Å²) in [5.41, 5.74) is 4.48. The van der Waals surface area contributed by atoms with Crippen LogP contribution in [0.4, 0.5) is 0 Å². The van der Waals surface area contributed by atoms with E-state index in [4.69, 9.17) is 9.47 Å². The molecule has 15 heavy (non-hydrogen) atoms. The monoisotopic (exact) mass is 206 g/mol. The van der Waals surface area contributed by atoms with E-state index in [2.05, 4.69) is 6.92 Å². The third-order valence-electron chi connectivity index (χ3n) is 3.70. The van der Waals surface area contributed by atoms with Crippen molar-refractivity contribution < 1.29 is 14.3 Å². The minimum Gasteiger partial charge on any atom is -0.457 e. The Morgan fingerprint density at radius 1 is 1.33 bits per heavy atom. The van der Waals surface area contributed by atoms with Gasteiger partial charge in [0.05, 0.1) is 18.8 Å². The number of carbonyl (C=O) groups is 1. The summed E-state index contributed by atoms with van der Waals surface area (Å²) in [4.78, 5) is 11.6. The third-order valence-corrected chi connectivity index (χ3v) is 3.70. The number of hydrogen-bond donors (Lipinski definition) is 0. The van der Waals surface area contributed by atoms with Crippen LogP contribution in [0.5, 0.6) is 0 Å². The van der Waals surface area contributed by atoms with E-state index in [9.17, 15) is 4.79 Å². The minimum atomic E-state index is -0.149. The van der Waals surface area contributed by atoms with Gasteiger partial charge in [-0.15, -0.1) is 0 Å². The van der Waals surface area contributed by atoms with Gasteiger partial charge in [-0.2, -0.15) is 0 Å². The zero-order valence-electron chi connectivity index (χ0n) is 9.05. The number of carbonyl (C=O) groups excluding carboxylic acids is 1. The van der Waals surface area contributed by atoms with Crippen molar-refractivity contribution in [1.29, 1.82) is 0 Å². The molecule has 1 atom stereocenters. The number of hydrogen-bond acceptors (Lipinski definition) is 3. The second kappa shape index (κ2) is 2.73. The van der Waals surface area contributed by atoms with Gasteiger partial charge in [-0.25, -0.2) is 4.79 Å². The molecular formula is C12H14O3. The van der Waals surface area contributed by atoms with Gasteiger partial charge in [0.25, 0.3) is 0 Å². The molecule has 2 aliphatic heterocycles. The van der Waals surface area contributed by atoms with Crippen molar-refractivity contribution in [3.05, 3.63) is 22.3 Å². The molecule has 3 rings (SSSR count). The Balaban J connectivity index is 2.20. The lowest BCUT2D eigenvalue weighted by molar-refractivity contribution is -0.135. The highest BCUT2D eigenvalue weighted by atomic mass is 16.5. The van der Waals surface area contributed by atoms with Crippen molar-refractivity contribution in [2.75, 3.05) is 19.8 Å². The fourth-order valence-electron chi connectivity index (χ4n) is 3.00. The molecule has 1 aliphatic carbocycles. The molecular weight excluding hydrogens is 192 g/mol. The first-order chi connectivity index (χ1) is 7.12. The van der Waals surface area contributed by atoms with Crippen LogP contribution in [0.1, 0.15) is 20.3 Å². The molecule has 0 spiro atoms. The standard InChI is InChI=1S/C12H14O3/c1-7-3-12(2)6-14-5-9(12)8-4-15-11(13)10(7)8/h3-6H2,1-2H3/t12-/m1/s1. The highest BCUT2D eigenvalue weighted by molar-refractivity contribution is 5.98. The van der Waals surface area contributed by atoms with Gasteiger partial charge in [-0.1, -0.05) is 12.5 Å². The Labute approximate surface area is 88.7 Å². The van der Waals surface area contributed by atoms with Crippen LogP contribution in [0.3, 0.4) is 0 Å². The maximum Gasteiger partial charge on any atom is 0.338 e. The van der Waals surface area contributed by atoms with Crippen molar-refractivity contribution in [3.8, 4) is 0 Å². The largest absolute Gasteiger partial charge is 0.457 e. The summed E-state index contributed by atoms with van der Waals surface area (Å²) in [6, 6.07) is 0. The molecule has 0 bridgehead atoms. The van der Waals surface area contributed by atoms with Gasteiger partial charge in [0.2, 0.25) is 0 Å². The average molecular weight is 206 g/mol. The van der Waals surface area contributed by atoms with E-state index in [1.807, 2.05) is 6.92 Å². The number of rotatable bonds is 0. The van der Waals surface area contributed by atoms with Gasteiger partial charge >= 0.3 is 5.97 Å². The van der Waals surface area contributed by atoms with Crippen molar-refractivity contribution in [1.82, 2.24) is 0 Å². The second-order valence-corrected chi connectivity index (χ2v) is 4.92. The van der Waals surface area contributed by atoms with Crippen LogP contribution in [0.2, 0.25) is 0 Å². The van der Waals surface area contributed by atoms with E-state index >= 15 is 0 Å². The molecule has 0 radical (unpaired) electrons. The summed E-state index contributed by atoms with van der Waals surface area (Å²) in [5.74, 6) is -0.149. The summed E-state index contributed by atoms with van der Waals surface area (Å²) in [7, 11) is 0. The van der Waals surface area contributed by atoms with Gasteiger partial charge in [0.15, 0.2) is 0 Å². The Hall–Kier alpha value is -1.09. The number of cyclic esters (lactones) is 1. The van der Waals surface area contributed by atoms with E-state index in [1.54, 1.807) is 0 Å². The molecule has 0 aromatic carbocycles. The maximum atomic E-state index is 11.6. The maximum absolute atomic E-state index is 11.6. The first kappa shape index (κ1) is 9.16. The normalized spacial score (nSPS) is 34.4. The van der Waals surface area contributed by atoms with Crippen molar-refractivity contribution in [3.63, 3.8) is 0 Å². The number of fused-ring (bicyclic) bond motifs is 2. The van der Waals surface area contributed by atoms with Crippen LogP contribution in [-0.4, -0.2) is 25.8 Å². The molecule has 0 amide bonds. The predicted octanol–water partition coefficient (Wildman–Crippen LogP) is 1.60. The van der Waals surface area contributed by atoms with E-state index in [0.29, 0.717) is 13.2 Å².